The van der Waals surface area contributed by atoms with Crippen molar-refractivity contribution in [2.75, 3.05) is 18.7 Å². The van der Waals surface area contributed by atoms with Gasteiger partial charge in [-0.3, -0.25) is 9.59 Å². The summed E-state index contributed by atoms with van der Waals surface area (Å²) < 4.78 is 4.56. The zero-order valence-corrected chi connectivity index (χ0v) is 13.4. The third-order valence-corrected chi connectivity index (χ3v) is 4.01. The Bertz CT molecular complexity index is 406. The summed E-state index contributed by atoms with van der Waals surface area (Å²) in [5, 5.41) is 2.59. The zero-order valence-electron chi connectivity index (χ0n) is 12.6. The molecule has 2 atom stereocenters. The molecule has 1 fully saturated rings. The second-order valence-electron chi connectivity index (χ2n) is 5.79. The quantitative estimate of drug-likeness (QED) is 0.773. The highest BCUT2D eigenvalue weighted by Gasteiger charge is 2.39. The molecule has 0 aromatic rings. The number of hydrogen-bond acceptors (Lipinski definition) is 5. The summed E-state index contributed by atoms with van der Waals surface area (Å²) in [6.45, 7) is 7.03. The smallest absolute Gasteiger partial charge is 0.328 e. The van der Waals surface area contributed by atoms with Gasteiger partial charge in [-0.25, -0.2) is 4.79 Å². The van der Waals surface area contributed by atoms with E-state index in [4.69, 9.17) is 0 Å². The molecule has 7 heteroatoms. The van der Waals surface area contributed by atoms with Crippen molar-refractivity contribution in [2.24, 2.45) is 5.41 Å². The molecule has 20 heavy (non-hydrogen) atoms. The number of nitrogens with one attached hydrogen (secondary N) is 1. The van der Waals surface area contributed by atoms with Gasteiger partial charge in [-0.15, -0.1) is 11.8 Å². The van der Waals surface area contributed by atoms with Crippen molar-refractivity contribution in [3.63, 3.8) is 0 Å². The first-order valence-electron chi connectivity index (χ1n) is 6.45. The predicted molar refractivity (Wildman–Crippen MR) is 77.0 cm³/mol. The maximum Gasteiger partial charge on any atom is 0.328 e. The first-order valence-corrected chi connectivity index (χ1v) is 7.61. The van der Waals surface area contributed by atoms with Gasteiger partial charge < -0.3 is 15.0 Å². The Morgan fingerprint density at radius 1 is 1.35 bits per heavy atom. The van der Waals surface area contributed by atoms with E-state index in [-0.39, 0.29) is 11.8 Å². The summed E-state index contributed by atoms with van der Waals surface area (Å²) >= 11 is 1.53. The van der Waals surface area contributed by atoms with Crippen molar-refractivity contribution in [1.29, 1.82) is 0 Å². The largest absolute Gasteiger partial charge is 0.467 e. The fraction of sp³-hybridized carbons (Fsp3) is 0.769. The summed E-state index contributed by atoms with van der Waals surface area (Å²) in [6.07, 6.45) is 0. The minimum Gasteiger partial charge on any atom is -0.467 e. The molecule has 1 aliphatic rings. The van der Waals surface area contributed by atoms with Gasteiger partial charge in [0, 0.05) is 11.2 Å². The van der Waals surface area contributed by atoms with E-state index in [2.05, 4.69) is 10.1 Å². The van der Waals surface area contributed by atoms with Gasteiger partial charge in [-0.1, -0.05) is 20.8 Å². The maximum atomic E-state index is 12.3. The summed E-state index contributed by atoms with van der Waals surface area (Å²) in [7, 11) is 1.27. The van der Waals surface area contributed by atoms with E-state index >= 15 is 0 Å². The lowest BCUT2D eigenvalue weighted by Crippen LogP contribution is -2.53. The molecule has 0 bridgehead atoms. The number of rotatable bonds is 3. The lowest BCUT2D eigenvalue weighted by atomic mass is 9.94. The van der Waals surface area contributed by atoms with Crippen LogP contribution >= 0.6 is 11.8 Å². The van der Waals surface area contributed by atoms with Crippen LogP contribution < -0.4 is 5.32 Å². The average Bonchev–Trinajstić information content (AvgIpc) is 2.84. The Morgan fingerprint density at radius 2 is 1.95 bits per heavy atom. The Morgan fingerprint density at radius 3 is 2.45 bits per heavy atom. The van der Waals surface area contributed by atoms with Crippen LogP contribution in [0.5, 0.6) is 0 Å². The molecule has 0 aromatic carbocycles. The van der Waals surface area contributed by atoms with Crippen LogP contribution in [0, 0.1) is 5.41 Å². The molecule has 0 aliphatic carbocycles. The Labute approximate surface area is 123 Å². The number of thioether (sulfide) groups is 1. The van der Waals surface area contributed by atoms with Gasteiger partial charge in [0.2, 0.25) is 11.8 Å². The Kier molecular flexibility index (Phi) is 5.44. The first kappa shape index (κ1) is 16.8. The van der Waals surface area contributed by atoms with Crippen molar-refractivity contribution in [1.82, 2.24) is 10.2 Å². The molecule has 0 aromatic heterocycles. The highest BCUT2D eigenvalue weighted by molar-refractivity contribution is 7.99. The van der Waals surface area contributed by atoms with Crippen LogP contribution in [0.15, 0.2) is 0 Å². The lowest BCUT2D eigenvalue weighted by Gasteiger charge is -2.29. The molecule has 2 amide bonds. The van der Waals surface area contributed by atoms with E-state index < -0.39 is 23.5 Å². The number of esters is 1. The van der Waals surface area contributed by atoms with Gasteiger partial charge in [0.1, 0.15) is 12.1 Å². The number of nitrogens with zero attached hydrogens (tertiary/aromatic N) is 1. The number of hydrogen-bond donors (Lipinski definition) is 1. The minimum absolute atomic E-state index is 0.0617. The monoisotopic (exact) mass is 302 g/mol. The molecule has 6 nitrogen and oxygen atoms in total. The van der Waals surface area contributed by atoms with Gasteiger partial charge in [-0.05, 0) is 6.92 Å². The molecule has 0 unspecified atom stereocenters. The van der Waals surface area contributed by atoms with Crippen LogP contribution in [0.2, 0.25) is 0 Å². The number of carbonyl (C=O) groups excluding carboxylic acids is 3. The molecule has 0 spiro atoms. The fourth-order valence-corrected chi connectivity index (χ4v) is 2.99. The SMILES string of the molecule is COC(=O)[C@H](C)NC(=O)[C@H]1CSCN1C(=O)C(C)(C)C. The van der Waals surface area contributed by atoms with Crippen LogP contribution in [-0.4, -0.2) is 53.5 Å². The van der Waals surface area contributed by atoms with Crippen LogP contribution in [0.25, 0.3) is 0 Å². The Hall–Kier alpha value is -1.24. The maximum absolute atomic E-state index is 12.3. The van der Waals surface area contributed by atoms with E-state index in [1.807, 2.05) is 20.8 Å². The average molecular weight is 302 g/mol. The van der Waals surface area contributed by atoms with E-state index in [9.17, 15) is 14.4 Å². The third-order valence-electron chi connectivity index (χ3n) is 3.00. The highest BCUT2D eigenvalue weighted by Crippen LogP contribution is 2.27. The van der Waals surface area contributed by atoms with Gasteiger partial charge in [0.05, 0.1) is 13.0 Å². The van der Waals surface area contributed by atoms with E-state index in [1.165, 1.54) is 18.9 Å². The molecule has 1 N–H and O–H groups in total. The van der Waals surface area contributed by atoms with Gasteiger partial charge in [0.25, 0.3) is 0 Å². The van der Waals surface area contributed by atoms with E-state index in [0.717, 1.165) is 0 Å². The van der Waals surface area contributed by atoms with Crippen LogP contribution in [0.4, 0.5) is 0 Å². The van der Waals surface area contributed by atoms with Crippen molar-refractivity contribution in [2.45, 2.75) is 39.8 Å². The van der Waals surface area contributed by atoms with Crippen molar-refractivity contribution in [3.8, 4) is 0 Å². The number of ether oxygens (including phenoxy) is 1. The molecule has 0 radical (unpaired) electrons. The highest BCUT2D eigenvalue weighted by atomic mass is 32.2. The summed E-state index contributed by atoms with van der Waals surface area (Å²) in [5.41, 5.74) is -0.530. The molecule has 1 heterocycles. The summed E-state index contributed by atoms with van der Waals surface area (Å²) in [4.78, 5) is 37.4. The van der Waals surface area contributed by atoms with Crippen molar-refractivity contribution < 1.29 is 19.1 Å². The standard InChI is InChI=1S/C13H22N2O4S/c1-8(11(17)19-5)14-10(16)9-6-20-7-15(9)12(18)13(2,3)4/h8-9H,6-7H2,1-5H3,(H,14,16)/t8-,9+/m0/s1. The summed E-state index contributed by atoms with van der Waals surface area (Å²) in [5.74, 6) is 0.166. The summed E-state index contributed by atoms with van der Waals surface area (Å²) in [6, 6.07) is -1.25. The normalized spacial score (nSPS) is 20.4. The van der Waals surface area contributed by atoms with Gasteiger partial charge in [0.15, 0.2) is 0 Å². The number of methoxy groups -OCH3 is 1. The topological polar surface area (TPSA) is 75.7 Å². The zero-order chi connectivity index (χ0) is 15.5. The van der Waals surface area contributed by atoms with Gasteiger partial charge >= 0.3 is 5.97 Å². The van der Waals surface area contributed by atoms with Crippen LogP contribution in [-0.2, 0) is 19.1 Å². The van der Waals surface area contributed by atoms with Crippen LogP contribution in [0.1, 0.15) is 27.7 Å². The van der Waals surface area contributed by atoms with Gasteiger partial charge in [-0.2, -0.15) is 0 Å². The first-order chi connectivity index (χ1) is 9.18. The molecular formula is C13H22N2O4S. The third kappa shape index (κ3) is 3.88. The molecule has 1 rings (SSSR count). The Balaban J connectivity index is 2.72. The molecular weight excluding hydrogens is 280 g/mol. The van der Waals surface area contributed by atoms with Crippen molar-refractivity contribution >= 4 is 29.5 Å². The van der Waals surface area contributed by atoms with E-state index in [0.29, 0.717) is 11.6 Å². The molecule has 0 saturated carbocycles. The van der Waals surface area contributed by atoms with Crippen LogP contribution in [0.3, 0.4) is 0 Å². The molecule has 114 valence electrons. The van der Waals surface area contributed by atoms with Crippen molar-refractivity contribution in [3.05, 3.63) is 0 Å². The minimum atomic E-state index is -0.718. The molecule has 1 aliphatic heterocycles. The lowest BCUT2D eigenvalue weighted by molar-refractivity contribution is -0.147. The second-order valence-corrected chi connectivity index (χ2v) is 6.79. The number of carbonyl (C=O) groups is 3. The predicted octanol–water partition coefficient (Wildman–Crippen LogP) is 0.612. The number of amides is 2. The van der Waals surface area contributed by atoms with E-state index in [1.54, 1.807) is 11.8 Å². The second kappa shape index (κ2) is 6.47. The fourth-order valence-electron chi connectivity index (χ4n) is 1.84. The molecule has 1 saturated heterocycles.